The summed E-state index contributed by atoms with van der Waals surface area (Å²) in [5.74, 6) is -1.07. The topological polar surface area (TPSA) is 80.7 Å². The molecule has 128 valence electrons. The van der Waals surface area contributed by atoms with E-state index >= 15 is 0 Å². The summed E-state index contributed by atoms with van der Waals surface area (Å²) < 4.78 is 26.4. The number of ketones is 1. The van der Waals surface area contributed by atoms with Crippen molar-refractivity contribution in [1.29, 1.82) is 0 Å². The Balaban J connectivity index is -0.00000200. The van der Waals surface area contributed by atoms with E-state index in [4.69, 9.17) is 0 Å². The van der Waals surface area contributed by atoms with Crippen LogP contribution in [0.15, 0.2) is 0 Å². The minimum Gasteiger partial charge on any atom is -1.00 e. The van der Waals surface area contributed by atoms with Gasteiger partial charge in [-0.2, -0.15) is 8.42 Å². The number of aliphatic hydroxyl groups excluding tert-OH is 1. The second-order valence-corrected chi connectivity index (χ2v) is 7.23. The molecule has 1 unspecified atom stereocenters. The van der Waals surface area contributed by atoms with E-state index in [-0.39, 0.29) is 37.4 Å². The molecule has 7 heteroatoms. The van der Waals surface area contributed by atoms with Crippen molar-refractivity contribution < 1.29 is 53.5 Å². The molecule has 0 amide bonds. The van der Waals surface area contributed by atoms with Gasteiger partial charge in [0, 0.05) is 6.42 Å². The molecular formula is C15H31NaO5S. The summed E-state index contributed by atoms with van der Waals surface area (Å²) in [6, 6.07) is 0. The van der Waals surface area contributed by atoms with Crippen molar-refractivity contribution in [2.75, 3.05) is 12.9 Å². The number of unbranched alkanes of at least 4 members (excludes halogenated alkanes) is 8. The van der Waals surface area contributed by atoms with E-state index in [1.54, 1.807) is 0 Å². The van der Waals surface area contributed by atoms with Gasteiger partial charge in [-0.25, -0.2) is 0 Å². The minimum absolute atomic E-state index is 0. The summed E-state index contributed by atoms with van der Waals surface area (Å²) in [6.07, 6.45) is 9.06. The number of hydrogen-bond acceptors (Lipinski definition) is 5. The van der Waals surface area contributed by atoms with E-state index in [9.17, 15) is 18.3 Å². The van der Waals surface area contributed by atoms with Crippen molar-refractivity contribution in [3.05, 3.63) is 0 Å². The van der Waals surface area contributed by atoms with Crippen LogP contribution in [0.3, 0.4) is 0 Å². The molecule has 0 fully saturated rings. The van der Waals surface area contributed by atoms with Crippen LogP contribution in [-0.4, -0.2) is 38.3 Å². The van der Waals surface area contributed by atoms with E-state index in [2.05, 4.69) is 11.1 Å². The van der Waals surface area contributed by atoms with Gasteiger partial charge in [-0.1, -0.05) is 58.3 Å². The first kappa shape index (κ1) is 24.8. The van der Waals surface area contributed by atoms with Gasteiger partial charge in [0.15, 0.2) is 5.78 Å². The van der Waals surface area contributed by atoms with Crippen LogP contribution < -0.4 is 29.6 Å². The molecule has 0 aliphatic heterocycles. The van der Waals surface area contributed by atoms with Crippen molar-refractivity contribution in [2.24, 2.45) is 0 Å². The second kappa shape index (κ2) is 15.1. The molecule has 1 N–H and O–H groups in total. The van der Waals surface area contributed by atoms with Gasteiger partial charge >= 0.3 is 29.6 Å². The van der Waals surface area contributed by atoms with Crippen molar-refractivity contribution in [2.45, 2.75) is 77.2 Å². The third kappa shape index (κ3) is 14.2. The van der Waals surface area contributed by atoms with Gasteiger partial charge in [-0.3, -0.25) is 8.98 Å². The first-order chi connectivity index (χ1) is 9.93. The molecule has 0 aliphatic rings. The predicted octanol–water partition coefficient (Wildman–Crippen LogP) is -0.0700. The molecule has 0 saturated heterocycles. The number of aliphatic hydroxyl groups is 1. The Labute approximate surface area is 159 Å². The van der Waals surface area contributed by atoms with Gasteiger partial charge < -0.3 is 6.53 Å². The summed E-state index contributed by atoms with van der Waals surface area (Å²) in [5, 5.41) is 9.50. The van der Waals surface area contributed by atoms with Crippen LogP contribution in [0.1, 0.15) is 72.6 Å². The Hall–Kier alpha value is 0.540. The van der Waals surface area contributed by atoms with Gasteiger partial charge in [-0.15, -0.1) is 0 Å². The zero-order valence-corrected chi connectivity index (χ0v) is 17.2. The zero-order chi connectivity index (χ0) is 16.1. The molecule has 0 aromatic carbocycles. The molecule has 0 heterocycles. The Bertz CT molecular complexity index is 376. The smallest absolute Gasteiger partial charge is 1.00 e. The Morgan fingerprint density at radius 2 is 1.50 bits per heavy atom. The van der Waals surface area contributed by atoms with Crippen LogP contribution in [0.4, 0.5) is 0 Å². The van der Waals surface area contributed by atoms with Crippen LogP contribution in [0.5, 0.6) is 0 Å². The van der Waals surface area contributed by atoms with Crippen LogP contribution in [0.2, 0.25) is 0 Å². The first-order valence-corrected chi connectivity index (χ1v) is 9.49. The van der Waals surface area contributed by atoms with E-state index in [0.717, 1.165) is 20.0 Å². The molecule has 5 nitrogen and oxygen atoms in total. The molecular weight excluding hydrogens is 315 g/mol. The Morgan fingerprint density at radius 3 is 1.95 bits per heavy atom. The number of carbonyl (C=O) groups excluding carboxylic acids is 1. The van der Waals surface area contributed by atoms with Gasteiger partial charge in [0.2, 0.25) is 0 Å². The van der Waals surface area contributed by atoms with Crippen molar-refractivity contribution in [3.63, 3.8) is 0 Å². The molecule has 0 rings (SSSR count). The summed E-state index contributed by atoms with van der Waals surface area (Å²) >= 11 is 0. The summed E-state index contributed by atoms with van der Waals surface area (Å²) in [4.78, 5) is 11.6. The normalized spacial score (nSPS) is 12.7. The number of hydrogen-bond donors (Lipinski definition) is 1. The average molecular weight is 346 g/mol. The van der Waals surface area contributed by atoms with Crippen LogP contribution in [-0.2, 0) is 19.1 Å². The SMILES string of the molecule is CCCCCCCCCCCC(=O)C(O)CS(=O)(=O)OC.[H-].[Na+]. The van der Waals surface area contributed by atoms with Crippen LogP contribution >= 0.6 is 0 Å². The maximum Gasteiger partial charge on any atom is 1.00 e. The molecule has 0 aromatic heterocycles. The fraction of sp³-hybridized carbons (Fsp3) is 0.933. The molecule has 0 saturated carbocycles. The summed E-state index contributed by atoms with van der Waals surface area (Å²) in [6.45, 7) is 2.20. The molecule has 0 spiro atoms. The number of rotatable bonds is 14. The summed E-state index contributed by atoms with van der Waals surface area (Å²) in [5.41, 5.74) is 0. The van der Waals surface area contributed by atoms with Gasteiger partial charge in [0.25, 0.3) is 10.1 Å². The van der Waals surface area contributed by atoms with Crippen molar-refractivity contribution in [3.8, 4) is 0 Å². The minimum atomic E-state index is -3.78. The van der Waals surface area contributed by atoms with Gasteiger partial charge in [0.05, 0.1) is 7.11 Å². The maximum absolute atomic E-state index is 11.6. The maximum atomic E-state index is 11.6. The molecule has 0 radical (unpaired) electrons. The monoisotopic (exact) mass is 346 g/mol. The van der Waals surface area contributed by atoms with E-state index < -0.39 is 27.8 Å². The van der Waals surface area contributed by atoms with Crippen molar-refractivity contribution >= 4 is 15.9 Å². The van der Waals surface area contributed by atoms with Gasteiger partial charge in [0.1, 0.15) is 11.9 Å². The van der Waals surface area contributed by atoms with Crippen molar-refractivity contribution in [1.82, 2.24) is 0 Å². The van der Waals surface area contributed by atoms with Gasteiger partial charge in [-0.05, 0) is 6.42 Å². The molecule has 1 atom stereocenters. The standard InChI is InChI=1S/C15H30O5S.Na.H/c1-3-4-5-6-7-8-9-10-11-12-14(16)15(17)13-21(18,19)20-2;;/h15,17H,3-13H2,1-2H3;;/q;+1;-1. The Kier molecular flexibility index (Phi) is 17.0. The summed E-state index contributed by atoms with van der Waals surface area (Å²) in [7, 11) is -2.76. The largest absolute Gasteiger partial charge is 1.00 e. The third-order valence-electron chi connectivity index (χ3n) is 3.51. The molecule has 0 bridgehead atoms. The quantitative estimate of drug-likeness (QED) is 0.271. The fourth-order valence-corrected chi connectivity index (χ4v) is 2.84. The second-order valence-electron chi connectivity index (χ2n) is 5.45. The average Bonchev–Trinajstić information content (AvgIpc) is 2.44. The number of Topliss-reactive ketones (excluding diaryl/α,β-unsaturated/α-hetero) is 1. The predicted molar refractivity (Wildman–Crippen MR) is 84.8 cm³/mol. The third-order valence-corrected chi connectivity index (χ3v) is 4.75. The zero-order valence-electron chi connectivity index (χ0n) is 15.3. The van der Waals surface area contributed by atoms with Crippen LogP contribution in [0, 0.1) is 0 Å². The molecule has 0 aromatic rings. The van der Waals surface area contributed by atoms with E-state index in [0.29, 0.717) is 6.42 Å². The van der Waals surface area contributed by atoms with E-state index in [1.165, 1.54) is 38.5 Å². The Morgan fingerprint density at radius 1 is 1.05 bits per heavy atom. The molecule has 0 aliphatic carbocycles. The molecule has 22 heavy (non-hydrogen) atoms. The van der Waals surface area contributed by atoms with E-state index in [1.807, 2.05) is 0 Å². The fourth-order valence-electron chi connectivity index (χ4n) is 2.13. The number of carbonyl (C=O) groups is 1. The van der Waals surface area contributed by atoms with Crippen LogP contribution in [0.25, 0.3) is 0 Å². The first-order valence-electron chi connectivity index (χ1n) is 7.92.